The van der Waals surface area contributed by atoms with Crippen LogP contribution in [0.5, 0.6) is 0 Å². The van der Waals surface area contributed by atoms with Gasteiger partial charge in [0.25, 0.3) is 0 Å². The Morgan fingerprint density at radius 1 is 1.50 bits per heavy atom. The molecule has 1 aromatic heterocycles. The van der Waals surface area contributed by atoms with E-state index in [9.17, 15) is 5.11 Å². The zero-order valence-corrected chi connectivity index (χ0v) is 8.21. The van der Waals surface area contributed by atoms with Gasteiger partial charge in [0, 0.05) is 0 Å². The lowest BCUT2D eigenvalue weighted by molar-refractivity contribution is 0.155. The Bertz CT molecular complexity index is 211. The molecule has 0 saturated carbocycles. The minimum atomic E-state index is -0.425. The molecule has 0 bridgehead atoms. The Labute approximate surface area is 76.8 Å². The Morgan fingerprint density at radius 3 is 2.75 bits per heavy atom. The van der Waals surface area contributed by atoms with Crippen molar-refractivity contribution in [3.63, 3.8) is 0 Å². The summed E-state index contributed by atoms with van der Waals surface area (Å²) in [5.74, 6) is 0.631. The van der Waals surface area contributed by atoms with Crippen molar-refractivity contribution in [2.24, 2.45) is 5.92 Å². The van der Waals surface area contributed by atoms with Gasteiger partial charge in [-0.15, -0.1) is 0 Å². The number of hydrogen-bond donors (Lipinski definition) is 1. The molecule has 1 aromatic rings. The monoisotopic (exact) mass is 186 g/mol. The SMILES string of the molecule is CC(C)CCC(O)c1cnsn1. The van der Waals surface area contributed by atoms with Crippen LogP contribution in [0.4, 0.5) is 0 Å². The number of rotatable bonds is 4. The minimum Gasteiger partial charge on any atom is -0.387 e. The van der Waals surface area contributed by atoms with E-state index in [0.717, 1.165) is 24.6 Å². The molecule has 0 aliphatic carbocycles. The van der Waals surface area contributed by atoms with Gasteiger partial charge in [-0.1, -0.05) is 13.8 Å². The van der Waals surface area contributed by atoms with E-state index in [4.69, 9.17) is 0 Å². The summed E-state index contributed by atoms with van der Waals surface area (Å²) in [6, 6.07) is 0. The summed E-state index contributed by atoms with van der Waals surface area (Å²) >= 11 is 1.14. The smallest absolute Gasteiger partial charge is 0.103 e. The Balaban J connectivity index is 2.34. The van der Waals surface area contributed by atoms with Crippen molar-refractivity contribution >= 4 is 11.7 Å². The van der Waals surface area contributed by atoms with E-state index in [1.54, 1.807) is 6.20 Å². The zero-order valence-electron chi connectivity index (χ0n) is 7.40. The fraction of sp³-hybridized carbons (Fsp3) is 0.750. The molecule has 1 rings (SSSR count). The van der Waals surface area contributed by atoms with Gasteiger partial charge in [-0.2, -0.15) is 8.75 Å². The van der Waals surface area contributed by atoms with Crippen LogP contribution >= 0.6 is 11.7 Å². The van der Waals surface area contributed by atoms with Gasteiger partial charge in [-0.25, -0.2) is 0 Å². The fourth-order valence-electron chi connectivity index (χ4n) is 0.958. The number of aliphatic hydroxyl groups is 1. The van der Waals surface area contributed by atoms with Crippen molar-refractivity contribution < 1.29 is 5.11 Å². The molecule has 4 heteroatoms. The van der Waals surface area contributed by atoms with Crippen LogP contribution in [0.25, 0.3) is 0 Å². The summed E-state index contributed by atoms with van der Waals surface area (Å²) in [4.78, 5) is 0. The van der Waals surface area contributed by atoms with Crippen LogP contribution in [0, 0.1) is 5.92 Å². The summed E-state index contributed by atoms with van der Waals surface area (Å²) in [6.07, 6.45) is 3.02. The minimum absolute atomic E-state index is 0.425. The molecule has 0 radical (unpaired) electrons. The summed E-state index contributed by atoms with van der Waals surface area (Å²) in [5.41, 5.74) is 0.709. The van der Waals surface area contributed by atoms with Crippen molar-refractivity contribution in [1.29, 1.82) is 0 Å². The molecule has 1 unspecified atom stereocenters. The topological polar surface area (TPSA) is 46.0 Å². The van der Waals surface area contributed by atoms with Crippen LogP contribution in [-0.4, -0.2) is 13.9 Å². The molecular weight excluding hydrogens is 172 g/mol. The third-order valence-corrected chi connectivity index (χ3v) is 2.23. The molecule has 1 atom stereocenters. The first-order valence-corrected chi connectivity index (χ1v) is 4.88. The van der Waals surface area contributed by atoms with Gasteiger partial charge in [0.2, 0.25) is 0 Å². The third-order valence-electron chi connectivity index (χ3n) is 1.74. The van der Waals surface area contributed by atoms with Crippen LogP contribution < -0.4 is 0 Å². The van der Waals surface area contributed by atoms with Crippen molar-refractivity contribution in [2.45, 2.75) is 32.8 Å². The standard InChI is InChI=1S/C8H14N2OS/c1-6(2)3-4-8(11)7-5-9-12-10-7/h5-6,8,11H,3-4H2,1-2H3. The third kappa shape index (κ3) is 2.87. The fourth-order valence-corrected chi connectivity index (χ4v) is 1.42. The van der Waals surface area contributed by atoms with Gasteiger partial charge in [0.1, 0.15) is 5.69 Å². The predicted octanol–water partition coefficient (Wildman–Crippen LogP) is 2.01. The molecule has 1 heterocycles. The molecule has 1 N–H and O–H groups in total. The van der Waals surface area contributed by atoms with E-state index in [0.29, 0.717) is 11.6 Å². The van der Waals surface area contributed by atoms with Gasteiger partial charge in [-0.05, 0) is 18.8 Å². The van der Waals surface area contributed by atoms with Gasteiger partial charge in [-0.3, -0.25) is 0 Å². The largest absolute Gasteiger partial charge is 0.387 e. The molecule has 0 aliphatic rings. The Hall–Kier alpha value is -0.480. The van der Waals surface area contributed by atoms with E-state index in [-0.39, 0.29) is 0 Å². The van der Waals surface area contributed by atoms with Crippen LogP contribution in [0.2, 0.25) is 0 Å². The highest BCUT2D eigenvalue weighted by Gasteiger charge is 2.10. The van der Waals surface area contributed by atoms with Crippen molar-refractivity contribution in [1.82, 2.24) is 8.75 Å². The second-order valence-corrected chi connectivity index (χ2v) is 3.88. The summed E-state index contributed by atoms with van der Waals surface area (Å²) in [6.45, 7) is 4.29. The number of aromatic nitrogens is 2. The lowest BCUT2D eigenvalue weighted by atomic mass is 10.0. The first-order valence-electron chi connectivity index (χ1n) is 4.15. The lowest BCUT2D eigenvalue weighted by Gasteiger charge is -2.08. The van der Waals surface area contributed by atoms with E-state index in [2.05, 4.69) is 22.6 Å². The molecular formula is C8H14N2OS. The number of aliphatic hydroxyl groups excluding tert-OH is 1. The van der Waals surface area contributed by atoms with E-state index < -0.39 is 6.10 Å². The summed E-state index contributed by atoms with van der Waals surface area (Å²) in [7, 11) is 0. The molecule has 0 fully saturated rings. The van der Waals surface area contributed by atoms with Crippen LogP contribution in [-0.2, 0) is 0 Å². The van der Waals surface area contributed by atoms with E-state index in [1.807, 2.05) is 0 Å². The van der Waals surface area contributed by atoms with Gasteiger partial charge < -0.3 is 5.11 Å². The second kappa shape index (κ2) is 4.52. The highest BCUT2D eigenvalue weighted by atomic mass is 32.1. The average molecular weight is 186 g/mol. The van der Waals surface area contributed by atoms with Crippen LogP contribution in [0.15, 0.2) is 6.20 Å². The predicted molar refractivity (Wildman–Crippen MR) is 48.9 cm³/mol. The Kier molecular flexibility index (Phi) is 3.62. The molecule has 12 heavy (non-hydrogen) atoms. The highest BCUT2D eigenvalue weighted by Crippen LogP contribution is 2.18. The zero-order chi connectivity index (χ0) is 8.97. The van der Waals surface area contributed by atoms with E-state index >= 15 is 0 Å². The van der Waals surface area contributed by atoms with Crippen LogP contribution in [0.3, 0.4) is 0 Å². The summed E-state index contributed by atoms with van der Waals surface area (Å²) < 4.78 is 7.82. The van der Waals surface area contributed by atoms with E-state index in [1.165, 1.54) is 0 Å². The highest BCUT2D eigenvalue weighted by molar-refractivity contribution is 6.99. The molecule has 0 spiro atoms. The first-order chi connectivity index (χ1) is 5.70. The quantitative estimate of drug-likeness (QED) is 0.782. The normalized spacial score (nSPS) is 13.7. The van der Waals surface area contributed by atoms with Crippen molar-refractivity contribution in [3.05, 3.63) is 11.9 Å². The maximum absolute atomic E-state index is 9.56. The number of nitrogens with zero attached hydrogens (tertiary/aromatic N) is 2. The van der Waals surface area contributed by atoms with Crippen molar-refractivity contribution in [3.8, 4) is 0 Å². The summed E-state index contributed by atoms with van der Waals surface area (Å²) in [5, 5.41) is 9.56. The average Bonchev–Trinajstić information content (AvgIpc) is 2.51. The molecule has 0 amide bonds. The molecule has 3 nitrogen and oxygen atoms in total. The van der Waals surface area contributed by atoms with Gasteiger partial charge in [0.05, 0.1) is 24.0 Å². The second-order valence-electron chi connectivity index (χ2n) is 3.32. The maximum atomic E-state index is 9.56. The molecule has 0 aliphatic heterocycles. The first kappa shape index (κ1) is 9.61. The van der Waals surface area contributed by atoms with Crippen LogP contribution in [0.1, 0.15) is 38.5 Å². The molecule has 0 saturated heterocycles. The molecule has 68 valence electrons. The van der Waals surface area contributed by atoms with Crippen molar-refractivity contribution in [2.75, 3.05) is 0 Å². The van der Waals surface area contributed by atoms with Gasteiger partial charge >= 0.3 is 0 Å². The molecule has 0 aromatic carbocycles. The Morgan fingerprint density at radius 2 is 2.25 bits per heavy atom. The maximum Gasteiger partial charge on any atom is 0.103 e. The lowest BCUT2D eigenvalue weighted by Crippen LogP contribution is -1.99. The number of hydrogen-bond acceptors (Lipinski definition) is 4. The van der Waals surface area contributed by atoms with Gasteiger partial charge in [0.15, 0.2) is 0 Å².